The third-order valence-electron chi connectivity index (χ3n) is 1.78. The maximum Gasteiger partial charge on any atom is 0.129 e. The van der Waals surface area contributed by atoms with Crippen molar-refractivity contribution in [3.63, 3.8) is 0 Å². The van der Waals surface area contributed by atoms with Crippen LogP contribution in [0.1, 0.15) is 6.42 Å². The van der Waals surface area contributed by atoms with Crippen LogP contribution in [0.5, 0.6) is 0 Å². The predicted octanol–water partition coefficient (Wildman–Crippen LogP) is 0.252. The van der Waals surface area contributed by atoms with Crippen LogP contribution >= 0.6 is 0 Å². The number of hydrogen-bond acceptors (Lipinski definition) is 5. The Balaban J connectivity index is 2.16. The monoisotopic (exact) mass is 196 g/mol. The van der Waals surface area contributed by atoms with E-state index in [0.29, 0.717) is 6.61 Å². The number of nitrogens with zero attached hydrogens (tertiary/aromatic N) is 2. The summed E-state index contributed by atoms with van der Waals surface area (Å²) in [5, 5.41) is 3.15. The van der Waals surface area contributed by atoms with Crippen molar-refractivity contribution in [2.24, 2.45) is 5.73 Å². The first-order valence-corrected chi connectivity index (χ1v) is 4.57. The van der Waals surface area contributed by atoms with E-state index >= 15 is 0 Å². The van der Waals surface area contributed by atoms with Gasteiger partial charge in [-0.1, -0.05) is 0 Å². The molecule has 0 saturated heterocycles. The van der Waals surface area contributed by atoms with Crippen molar-refractivity contribution in [2.75, 3.05) is 25.6 Å². The van der Waals surface area contributed by atoms with Gasteiger partial charge in [-0.15, -0.1) is 0 Å². The van der Waals surface area contributed by atoms with Gasteiger partial charge < -0.3 is 15.8 Å². The lowest BCUT2D eigenvalue weighted by molar-refractivity contribution is 0.178. The van der Waals surface area contributed by atoms with Gasteiger partial charge in [0.2, 0.25) is 0 Å². The highest BCUT2D eigenvalue weighted by molar-refractivity contribution is 5.31. The molecular weight excluding hydrogens is 180 g/mol. The van der Waals surface area contributed by atoms with Crippen molar-refractivity contribution in [1.29, 1.82) is 0 Å². The molecule has 0 aliphatic heterocycles. The second-order valence-electron chi connectivity index (χ2n) is 3.03. The standard InChI is InChI=1S/C9H16N4O/c1-14-6-8(10)2-5-12-9-3-4-11-7-13-9/h3-4,7-8H,2,5-6,10H2,1H3,(H,11,12,13). The van der Waals surface area contributed by atoms with E-state index in [4.69, 9.17) is 10.5 Å². The molecule has 78 valence electrons. The fourth-order valence-corrected chi connectivity index (χ4v) is 1.08. The molecule has 5 nitrogen and oxygen atoms in total. The summed E-state index contributed by atoms with van der Waals surface area (Å²) >= 11 is 0. The number of methoxy groups -OCH3 is 1. The Morgan fingerprint density at radius 3 is 3.14 bits per heavy atom. The first-order valence-electron chi connectivity index (χ1n) is 4.57. The third-order valence-corrected chi connectivity index (χ3v) is 1.78. The van der Waals surface area contributed by atoms with Crippen molar-refractivity contribution in [3.8, 4) is 0 Å². The van der Waals surface area contributed by atoms with E-state index in [1.807, 2.05) is 6.07 Å². The van der Waals surface area contributed by atoms with Gasteiger partial charge in [-0.3, -0.25) is 0 Å². The van der Waals surface area contributed by atoms with E-state index in [9.17, 15) is 0 Å². The number of anilines is 1. The van der Waals surface area contributed by atoms with Crippen molar-refractivity contribution >= 4 is 5.82 Å². The van der Waals surface area contributed by atoms with Crippen molar-refractivity contribution < 1.29 is 4.74 Å². The summed E-state index contributed by atoms with van der Waals surface area (Å²) in [6, 6.07) is 1.90. The summed E-state index contributed by atoms with van der Waals surface area (Å²) in [5.41, 5.74) is 5.75. The average molecular weight is 196 g/mol. The second-order valence-corrected chi connectivity index (χ2v) is 3.03. The van der Waals surface area contributed by atoms with Crippen LogP contribution in [-0.2, 0) is 4.74 Å². The van der Waals surface area contributed by atoms with Gasteiger partial charge in [0.1, 0.15) is 12.1 Å². The van der Waals surface area contributed by atoms with Crippen molar-refractivity contribution in [1.82, 2.24) is 9.97 Å². The Labute approximate surface area is 83.7 Å². The molecule has 1 rings (SSSR count). The zero-order chi connectivity index (χ0) is 10.2. The minimum Gasteiger partial charge on any atom is -0.383 e. The molecule has 0 bridgehead atoms. The number of ether oxygens (including phenoxy) is 1. The normalized spacial score (nSPS) is 12.4. The maximum absolute atomic E-state index is 5.75. The fourth-order valence-electron chi connectivity index (χ4n) is 1.08. The lowest BCUT2D eigenvalue weighted by Crippen LogP contribution is -2.28. The molecule has 1 atom stereocenters. The van der Waals surface area contributed by atoms with Gasteiger partial charge in [0.15, 0.2) is 0 Å². The summed E-state index contributed by atoms with van der Waals surface area (Å²) in [6.45, 7) is 1.38. The van der Waals surface area contributed by atoms with Crippen LogP contribution in [0.15, 0.2) is 18.6 Å². The van der Waals surface area contributed by atoms with E-state index in [0.717, 1.165) is 18.8 Å². The lowest BCUT2D eigenvalue weighted by Gasteiger charge is -2.10. The molecule has 1 aromatic rings. The number of nitrogens with two attached hydrogens (primary N) is 1. The van der Waals surface area contributed by atoms with Crippen molar-refractivity contribution in [2.45, 2.75) is 12.5 Å². The molecule has 1 aromatic heterocycles. The first kappa shape index (κ1) is 10.9. The SMILES string of the molecule is COCC(N)CCNc1ccncn1. The van der Waals surface area contributed by atoms with Gasteiger partial charge in [0.05, 0.1) is 6.61 Å². The summed E-state index contributed by atoms with van der Waals surface area (Å²) < 4.78 is 4.93. The highest BCUT2D eigenvalue weighted by Crippen LogP contribution is 1.98. The van der Waals surface area contributed by atoms with Gasteiger partial charge in [0.25, 0.3) is 0 Å². The number of nitrogens with one attached hydrogen (secondary N) is 1. The minimum atomic E-state index is 0.0781. The number of rotatable bonds is 6. The van der Waals surface area contributed by atoms with Gasteiger partial charge in [-0.05, 0) is 12.5 Å². The molecule has 0 fully saturated rings. The molecule has 3 N–H and O–H groups in total. The topological polar surface area (TPSA) is 73.1 Å². The van der Waals surface area contributed by atoms with Crippen LogP contribution in [0.4, 0.5) is 5.82 Å². The number of aromatic nitrogens is 2. The molecule has 0 spiro atoms. The largest absolute Gasteiger partial charge is 0.383 e. The van der Waals surface area contributed by atoms with E-state index in [2.05, 4.69) is 15.3 Å². The van der Waals surface area contributed by atoms with Crippen molar-refractivity contribution in [3.05, 3.63) is 18.6 Å². The lowest BCUT2D eigenvalue weighted by atomic mass is 10.2. The molecule has 14 heavy (non-hydrogen) atoms. The van der Waals surface area contributed by atoms with Gasteiger partial charge >= 0.3 is 0 Å². The highest BCUT2D eigenvalue weighted by atomic mass is 16.5. The smallest absolute Gasteiger partial charge is 0.129 e. The second kappa shape index (κ2) is 6.28. The fraction of sp³-hybridized carbons (Fsp3) is 0.556. The van der Waals surface area contributed by atoms with E-state index in [1.54, 1.807) is 13.3 Å². The van der Waals surface area contributed by atoms with Crippen LogP contribution in [-0.4, -0.2) is 36.3 Å². The third kappa shape index (κ3) is 4.15. The van der Waals surface area contributed by atoms with Gasteiger partial charge in [0, 0.05) is 25.9 Å². The van der Waals surface area contributed by atoms with Crippen LogP contribution in [0.2, 0.25) is 0 Å². The summed E-state index contributed by atoms with van der Waals surface area (Å²) in [5.74, 6) is 0.824. The Kier molecular flexibility index (Phi) is 4.88. The molecule has 1 heterocycles. The molecule has 0 saturated carbocycles. The molecule has 1 unspecified atom stereocenters. The zero-order valence-corrected chi connectivity index (χ0v) is 8.31. The van der Waals surface area contributed by atoms with Crippen LogP contribution in [0, 0.1) is 0 Å². The summed E-state index contributed by atoms with van der Waals surface area (Å²) in [4.78, 5) is 7.85. The summed E-state index contributed by atoms with van der Waals surface area (Å²) in [7, 11) is 1.65. The molecule has 5 heteroatoms. The number of hydrogen-bond donors (Lipinski definition) is 2. The van der Waals surface area contributed by atoms with E-state index in [1.165, 1.54) is 6.33 Å². The molecule has 0 aliphatic carbocycles. The molecule has 0 amide bonds. The molecule has 0 aromatic carbocycles. The predicted molar refractivity (Wildman–Crippen MR) is 55.0 cm³/mol. The maximum atomic E-state index is 5.75. The highest BCUT2D eigenvalue weighted by Gasteiger charge is 2.00. The Bertz CT molecular complexity index is 242. The van der Waals surface area contributed by atoms with Gasteiger partial charge in [-0.25, -0.2) is 9.97 Å². The van der Waals surface area contributed by atoms with Gasteiger partial charge in [-0.2, -0.15) is 0 Å². The Morgan fingerprint density at radius 2 is 2.50 bits per heavy atom. The van der Waals surface area contributed by atoms with Crippen LogP contribution in [0.3, 0.4) is 0 Å². The average Bonchev–Trinajstić information content (AvgIpc) is 2.20. The van der Waals surface area contributed by atoms with E-state index in [-0.39, 0.29) is 6.04 Å². The van der Waals surface area contributed by atoms with E-state index < -0.39 is 0 Å². The quantitative estimate of drug-likeness (QED) is 0.682. The Morgan fingerprint density at radius 1 is 1.64 bits per heavy atom. The molecule has 0 aliphatic rings. The minimum absolute atomic E-state index is 0.0781. The molecule has 0 radical (unpaired) electrons. The zero-order valence-electron chi connectivity index (χ0n) is 8.31. The first-order chi connectivity index (χ1) is 6.83. The molecular formula is C9H16N4O. The van der Waals surface area contributed by atoms with Crippen LogP contribution in [0.25, 0.3) is 0 Å². The van der Waals surface area contributed by atoms with Crippen LogP contribution < -0.4 is 11.1 Å². The summed E-state index contributed by atoms with van der Waals surface area (Å²) in [6.07, 6.45) is 4.07. The Hall–Kier alpha value is -1.20.